The van der Waals surface area contributed by atoms with Crippen LogP contribution in [0, 0.1) is 33.8 Å². The van der Waals surface area contributed by atoms with Gasteiger partial charge in [-0.15, -0.1) is 34.1 Å². The monoisotopic (exact) mass is 602 g/mol. The van der Waals surface area contributed by atoms with E-state index in [1.165, 1.54) is 32.5 Å². The summed E-state index contributed by atoms with van der Waals surface area (Å²) in [6, 6.07) is 20.4. The maximum Gasteiger partial charge on any atom is 0.125 e. The van der Waals surface area contributed by atoms with Crippen LogP contribution in [0.5, 0.6) is 0 Å². The Hall–Kier alpha value is -2.66. The van der Waals surface area contributed by atoms with Crippen LogP contribution >= 0.6 is 11.3 Å². The molecule has 0 fully saturated rings. The molecule has 5 aromatic rings. The van der Waals surface area contributed by atoms with Crippen molar-refractivity contribution >= 4 is 21.6 Å². The molecule has 0 aliphatic rings. The first-order valence-corrected chi connectivity index (χ1v) is 10.8. The largest absolute Gasteiger partial charge is 0.320 e. The molecule has 5 rings (SSSR count). The first-order chi connectivity index (χ1) is 14.5. The first-order valence-electron chi connectivity index (χ1n) is 9.88. The van der Waals surface area contributed by atoms with Gasteiger partial charge in [0.15, 0.2) is 0 Å². The quantitative estimate of drug-likeness (QED) is 0.230. The van der Waals surface area contributed by atoms with E-state index in [0.717, 1.165) is 28.4 Å². The second kappa shape index (κ2) is 8.46. The van der Waals surface area contributed by atoms with E-state index in [1.807, 2.05) is 24.6 Å². The number of benzene rings is 3. The van der Waals surface area contributed by atoms with Crippen LogP contribution in [-0.4, -0.2) is 19.7 Å². The molecule has 0 N–H and O–H groups in total. The van der Waals surface area contributed by atoms with E-state index in [2.05, 4.69) is 83.0 Å². The van der Waals surface area contributed by atoms with E-state index < -0.39 is 0 Å². The third-order valence-electron chi connectivity index (χ3n) is 5.47. The molecule has 0 saturated carbocycles. The summed E-state index contributed by atoms with van der Waals surface area (Å²) >= 11 is 1.65. The van der Waals surface area contributed by atoms with Crippen LogP contribution in [0.15, 0.2) is 54.0 Å². The van der Waals surface area contributed by atoms with Crippen molar-refractivity contribution in [1.82, 2.24) is 19.7 Å². The minimum absolute atomic E-state index is 0. The average Bonchev–Trinajstić information content (AvgIpc) is 3.37. The maximum atomic E-state index is 4.60. The molecule has 31 heavy (non-hydrogen) atoms. The van der Waals surface area contributed by atoms with Crippen LogP contribution in [0.25, 0.3) is 38.4 Å². The predicted molar refractivity (Wildman–Crippen MR) is 123 cm³/mol. The molecule has 0 atom stereocenters. The summed E-state index contributed by atoms with van der Waals surface area (Å²) < 4.78 is 3.31. The molecule has 4 nitrogen and oxygen atoms in total. The summed E-state index contributed by atoms with van der Waals surface area (Å²) in [6.07, 6.45) is 0. The Kier molecular flexibility index (Phi) is 5.89. The number of hydrogen-bond acceptors (Lipinski definition) is 4. The van der Waals surface area contributed by atoms with Crippen LogP contribution < -0.4 is 0 Å². The molecule has 1 radical (unpaired) electrons. The Morgan fingerprint density at radius 3 is 2.29 bits per heavy atom. The zero-order valence-corrected chi connectivity index (χ0v) is 20.9. The van der Waals surface area contributed by atoms with Gasteiger partial charge < -0.3 is 4.57 Å². The molecule has 0 amide bonds. The van der Waals surface area contributed by atoms with E-state index in [4.69, 9.17) is 0 Å². The molecular weight excluding hydrogens is 581 g/mol. The summed E-state index contributed by atoms with van der Waals surface area (Å²) in [7, 11) is 0. The summed E-state index contributed by atoms with van der Waals surface area (Å²) in [5, 5.41) is 8.95. The zero-order valence-electron chi connectivity index (χ0n) is 17.7. The van der Waals surface area contributed by atoms with Gasteiger partial charge >= 0.3 is 0 Å². The number of aryl methyl sites for hydroxylation is 4. The van der Waals surface area contributed by atoms with Crippen molar-refractivity contribution in [2.24, 2.45) is 0 Å². The molecule has 0 aliphatic heterocycles. The van der Waals surface area contributed by atoms with Gasteiger partial charge in [-0.3, -0.25) is 4.98 Å². The van der Waals surface area contributed by atoms with Crippen LogP contribution in [0.4, 0.5) is 0 Å². The van der Waals surface area contributed by atoms with E-state index in [-0.39, 0.29) is 20.1 Å². The fourth-order valence-corrected chi connectivity index (χ4v) is 4.86. The Labute approximate surface area is 199 Å². The number of aromatic nitrogens is 4. The van der Waals surface area contributed by atoms with Gasteiger partial charge in [0, 0.05) is 31.3 Å². The van der Waals surface area contributed by atoms with Gasteiger partial charge in [-0.1, -0.05) is 42.8 Å². The zero-order chi connectivity index (χ0) is 20.8. The van der Waals surface area contributed by atoms with Gasteiger partial charge in [0.1, 0.15) is 5.82 Å². The predicted octanol–water partition coefficient (Wildman–Crippen LogP) is 6.24. The summed E-state index contributed by atoms with van der Waals surface area (Å²) in [4.78, 5) is 4.60. The van der Waals surface area contributed by atoms with Gasteiger partial charge in [-0.25, -0.2) is 0 Å². The number of nitrogens with zero attached hydrogens (tertiary/aromatic N) is 4. The molecular formula is C25H21IrN4S-. The molecule has 0 bridgehead atoms. The molecule has 0 aliphatic carbocycles. The van der Waals surface area contributed by atoms with E-state index in [1.54, 1.807) is 11.3 Å². The number of fused-ring (bicyclic) bond motifs is 1. The van der Waals surface area contributed by atoms with Gasteiger partial charge in [0.25, 0.3) is 0 Å². The SMILES string of the molecule is Cc1cc(-c2ccccc2)cc(C)c1-n1c(C)nnc1-c1[c-]cc(C)c2scnc12.[Ir]. The molecule has 3 aromatic carbocycles. The first kappa shape index (κ1) is 21.6. The Morgan fingerprint density at radius 1 is 0.871 bits per heavy atom. The second-order valence-corrected chi connectivity index (χ2v) is 8.46. The second-order valence-electron chi connectivity index (χ2n) is 7.61. The minimum atomic E-state index is 0. The Morgan fingerprint density at radius 2 is 1.58 bits per heavy atom. The summed E-state index contributed by atoms with van der Waals surface area (Å²) in [6.45, 7) is 8.38. The van der Waals surface area contributed by atoms with Crippen molar-refractivity contribution in [3.8, 4) is 28.2 Å². The van der Waals surface area contributed by atoms with Crippen molar-refractivity contribution < 1.29 is 20.1 Å². The van der Waals surface area contributed by atoms with Gasteiger partial charge in [-0.05, 0) is 59.9 Å². The van der Waals surface area contributed by atoms with Crippen LogP contribution in [0.1, 0.15) is 22.5 Å². The molecule has 157 valence electrons. The van der Waals surface area contributed by atoms with Gasteiger partial charge in [0.05, 0.1) is 11.3 Å². The van der Waals surface area contributed by atoms with Crippen LogP contribution in [0.3, 0.4) is 0 Å². The van der Waals surface area contributed by atoms with E-state index in [0.29, 0.717) is 0 Å². The standard InChI is InChI=1S/C25H21N4S.Ir/c1-15-10-11-21(22-24(15)30-14-26-22)25-28-27-18(4)29(25)23-16(2)12-20(13-17(23)3)19-8-6-5-7-9-19;/h5-10,12-14H,1-4H3;/q-1;. The number of rotatable bonds is 3. The maximum absolute atomic E-state index is 4.60. The third-order valence-corrected chi connectivity index (χ3v) is 6.43. The fraction of sp³-hybridized carbons (Fsp3) is 0.160. The number of hydrogen-bond donors (Lipinski definition) is 0. The van der Waals surface area contributed by atoms with Gasteiger partial charge in [0.2, 0.25) is 0 Å². The summed E-state index contributed by atoms with van der Waals surface area (Å²) in [5.74, 6) is 1.63. The molecule has 0 saturated heterocycles. The Bertz CT molecular complexity index is 1360. The average molecular weight is 602 g/mol. The summed E-state index contributed by atoms with van der Waals surface area (Å²) in [5.41, 5.74) is 10.8. The smallest absolute Gasteiger partial charge is 0.125 e. The third kappa shape index (κ3) is 3.65. The molecule has 2 aromatic heterocycles. The van der Waals surface area contributed by atoms with Crippen molar-refractivity contribution in [3.63, 3.8) is 0 Å². The normalized spacial score (nSPS) is 11.0. The van der Waals surface area contributed by atoms with E-state index >= 15 is 0 Å². The van der Waals surface area contributed by atoms with Crippen molar-refractivity contribution in [1.29, 1.82) is 0 Å². The van der Waals surface area contributed by atoms with Crippen LogP contribution in [-0.2, 0) is 20.1 Å². The number of thiazole rings is 1. The fourth-order valence-electron chi connectivity index (χ4n) is 4.09. The van der Waals surface area contributed by atoms with Gasteiger partial charge in [-0.2, -0.15) is 5.10 Å². The van der Waals surface area contributed by atoms with Crippen molar-refractivity contribution in [3.05, 3.63) is 82.6 Å². The molecule has 0 spiro atoms. The van der Waals surface area contributed by atoms with Crippen molar-refractivity contribution in [2.75, 3.05) is 0 Å². The van der Waals surface area contributed by atoms with Crippen LogP contribution in [0.2, 0.25) is 0 Å². The van der Waals surface area contributed by atoms with E-state index in [9.17, 15) is 0 Å². The molecule has 2 heterocycles. The Balaban J connectivity index is 0.00000231. The van der Waals surface area contributed by atoms with Crippen molar-refractivity contribution in [2.45, 2.75) is 27.7 Å². The molecule has 6 heteroatoms. The minimum Gasteiger partial charge on any atom is -0.320 e. The topological polar surface area (TPSA) is 43.6 Å². The molecule has 0 unspecified atom stereocenters.